The van der Waals surface area contributed by atoms with Crippen LogP contribution in [0.3, 0.4) is 0 Å². The van der Waals surface area contributed by atoms with Crippen molar-refractivity contribution in [2.45, 2.75) is 45.3 Å². The summed E-state index contributed by atoms with van der Waals surface area (Å²) in [5, 5.41) is 2.74. The van der Waals surface area contributed by atoms with Gasteiger partial charge in [-0.05, 0) is 25.2 Å². The zero-order valence-electron chi connectivity index (χ0n) is 12.1. The van der Waals surface area contributed by atoms with Gasteiger partial charge in [0.05, 0.1) is 12.6 Å². The Bertz CT molecular complexity index is 500. The third-order valence-corrected chi connectivity index (χ3v) is 3.65. The van der Waals surface area contributed by atoms with Gasteiger partial charge in [-0.3, -0.25) is 9.59 Å². The van der Waals surface area contributed by atoms with Crippen molar-refractivity contribution >= 4 is 11.8 Å². The van der Waals surface area contributed by atoms with E-state index in [-0.39, 0.29) is 30.1 Å². The smallest absolute Gasteiger partial charge is 0.270 e. The summed E-state index contributed by atoms with van der Waals surface area (Å²) in [6.45, 7) is 2.97. The van der Waals surface area contributed by atoms with Crippen LogP contribution < -0.4 is 11.1 Å². The van der Waals surface area contributed by atoms with E-state index < -0.39 is 5.91 Å². The maximum Gasteiger partial charge on any atom is 0.270 e. The Morgan fingerprint density at radius 3 is 3.00 bits per heavy atom. The first-order chi connectivity index (χ1) is 10.1. The summed E-state index contributed by atoms with van der Waals surface area (Å²) in [5.74, 6) is -0.0651. The van der Waals surface area contributed by atoms with E-state index in [1.54, 1.807) is 0 Å². The summed E-state index contributed by atoms with van der Waals surface area (Å²) >= 11 is 0. The monoisotopic (exact) mass is 295 g/mol. The molecule has 1 aliphatic heterocycles. The fourth-order valence-corrected chi connectivity index (χ4v) is 2.44. The average Bonchev–Trinajstić information content (AvgIpc) is 2.94. The van der Waals surface area contributed by atoms with E-state index in [1.165, 1.54) is 6.26 Å². The number of amides is 2. The number of hydrogen-bond donors (Lipinski definition) is 2. The lowest BCUT2D eigenvalue weighted by Gasteiger charge is -2.28. The first-order valence-electron chi connectivity index (χ1n) is 7.21. The fourth-order valence-electron chi connectivity index (χ4n) is 2.44. The Hall–Kier alpha value is -1.89. The predicted octanol–water partition coefficient (Wildman–Crippen LogP) is 0.985. The molecule has 7 nitrogen and oxygen atoms in total. The highest BCUT2D eigenvalue weighted by Crippen LogP contribution is 2.24. The topological polar surface area (TPSA) is 107 Å². The Morgan fingerprint density at radius 1 is 1.52 bits per heavy atom. The molecule has 7 heteroatoms. The molecule has 0 radical (unpaired) electrons. The average molecular weight is 295 g/mol. The van der Waals surface area contributed by atoms with Crippen LogP contribution in [0, 0.1) is 5.92 Å². The Balaban J connectivity index is 1.75. The van der Waals surface area contributed by atoms with Crippen LogP contribution in [0.25, 0.3) is 0 Å². The molecule has 116 valence electrons. The minimum Gasteiger partial charge on any atom is -0.446 e. The van der Waals surface area contributed by atoms with E-state index in [9.17, 15) is 9.59 Å². The number of ether oxygens (including phenoxy) is 1. The molecule has 0 aromatic carbocycles. The highest BCUT2D eigenvalue weighted by molar-refractivity contribution is 5.90. The van der Waals surface area contributed by atoms with Gasteiger partial charge in [0.1, 0.15) is 6.26 Å². The second-order valence-corrected chi connectivity index (χ2v) is 5.26. The van der Waals surface area contributed by atoms with Crippen molar-refractivity contribution in [2.75, 3.05) is 6.61 Å². The van der Waals surface area contributed by atoms with E-state index in [0.29, 0.717) is 12.3 Å². The molecule has 0 bridgehead atoms. The molecule has 3 N–H and O–H groups in total. The highest BCUT2D eigenvalue weighted by Gasteiger charge is 2.23. The molecule has 1 saturated heterocycles. The lowest BCUT2D eigenvalue weighted by atomic mass is 9.91. The van der Waals surface area contributed by atoms with Gasteiger partial charge in [-0.25, -0.2) is 4.98 Å². The van der Waals surface area contributed by atoms with Crippen molar-refractivity contribution in [3.63, 3.8) is 0 Å². The van der Waals surface area contributed by atoms with Crippen LogP contribution in [-0.2, 0) is 16.1 Å². The highest BCUT2D eigenvalue weighted by atomic mass is 16.5. The summed E-state index contributed by atoms with van der Waals surface area (Å²) < 4.78 is 10.6. The summed E-state index contributed by atoms with van der Waals surface area (Å²) in [6.07, 6.45) is 4.74. The van der Waals surface area contributed by atoms with Crippen LogP contribution >= 0.6 is 0 Å². The van der Waals surface area contributed by atoms with Gasteiger partial charge in [0, 0.05) is 13.0 Å². The number of nitrogens with one attached hydrogen (secondary N) is 1. The number of hydrogen-bond acceptors (Lipinski definition) is 5. The van der Waals surface area contributed by atoms with Gasteiger partial charge < -0.3 is 20.2 Å². The van der Waals surface area contributed by atoms with Crippen molar-refractivity contribution in [1.82, 2.24) is 10.3 Å². The molecular weight excluding hydrogens is 274 g/mol. The molecule has 2 heterocycles. The van der Waals surface area contributed by atoms with E-state index >= 15 is 0 Å². The van der Waals surface area contributed by atoms with E-state index in [0.717, 1.165) is 25.9 Å². The molecule has 1 aliphatic rings. The maximum absolute atomic E-state index is 11.9. The molecule has 0 aliphatic carbocycles. The minimum absolute atomic E-state index is 0.0458. The SMILES string of the molecule is CCC1CC(CC(=O)NCc2nc(C(N)=O)co2)CCO1. The van der Waals surface area contributed by atoms with Crippen LogP contribution in [0.4, 0.5) is 0 Å². The van der Waals surface area contributed by atoms with Gasteiger partial charge in [-0.15, -0.1) is 0 Å². The van der Waals surface area contributed by atoms with Gasteiger partial charge in [-0.1, -0.05) is 6.92 Å². The summed E-state index contributed by atoms with van der Waals surface area (Å²) in [6, 6.07) is 0. The summed E-state index contributed by atoms with van der Waals surface area (Å²) in [4.78, 5) is 26.7. The number of rotatable bonds is 6. The summed E-state index contributed by atoms with van der Waals surface area (Å²) in [5.41, 5.74) is 5.14. The number of aromatic nitrogens is 1. The second kappa shape index (κ2) is 7.21. The molecule has 1 aromatic rings. The number of carbonyl (C=O) groups is 2. The molecule has 0 saturated carbocycles. The molecule has 21 heavy (non-hydrogen) atoms. The quantitative estimate of drug-likeness (QED) is 0.813. The lowest BCUT2D eigenvalue weighted by Crippen LogP contribution is -2.30. The van der Waals surface area contributed by atoms with Gasteiger partial charge in [0.25, 0.3) is 5.91 Å². The fraction of sp³-hybridized carbons (Fsp3) is 0.643. The number of nitrogens with two attached hydrogens (primary N) is 1. The van der Waals surface area contributed by atoms with Crippen LogP contribution in [0.15, 0.2) is 10.7 Å². The van der Waals surface area contributed by atoms with Crippen LogP contribution in [0.1, 0.15) is 49.0 Å². The lowest BCUT2D eigenvalue weighted by molar-refractivity contribution is -0.123. The standard InChI is InChI=1S/C14H21N3O4/c1-2-10-5-9(3-4-20-10)6-12(18)16-7-13-17-11(8-21-13)14(15)19/h8-10H,2-7H2,1H3,(H2,15,19)(H,16,18). The van der Waals surface area contributed by atoms with Crippen LogP contribution in [0.2, 0.25) is 0 Å². The van der Waals surface area contributed by atoms with Crippen LogP contribution in [0.5, 0.6) is 0 Å². The molecule has 2 atom stereocenters. The number of carbonyl (C=O) groups excluding carboxylic acids is 2. The Morgan fingerprint density at radius 2 is 2.33 bits per heavy atom. The van der Waals surface area contributed by atoms with Crippen LogP contribution in [-0.4, -0.2) is 29.5 Å². The van der Waals surface area contributed by atoms with Crippen molar-refractivity contribution in [3.8, 4) is 0 Å². The molecule has 1 fully saturated rings. The zero-order valence-corrected chi connectivity index (χ0v) is 12.1. The number of primary amides is 1. The second-order valence-electron chi connectivity index (χ2n) is 5.26. The first kappa shape index (κ1) is 15.5. The number of nitrogens with zero attached hydrogens (tertiary/aromatic N) is 1. The molecule has 2 unspecified atom stereocenters. The molecule has 2 amide bonds. The van der Waals surface area contributed by atoms with Gasteiger partial charge in [0.15, 0.2) is 5.69 Å². The first-order valence-corrected chi connectivity index (χ1v) is 7.21. The normalized spacial score (nSPS) is 22.0. The van der Waals surface area contributed by atoms with Crippen molar-refractivity contribution < 1.29 is 18.7 Å². The Kier molecular flexibility index (Phi) is 5.32. The van der Waals surface area contributed by atoms with Crippen molar-refractivity contribution in [3.05, 3.63) is 17.8 Å². The minimum atomic E-state index is -0.649. The largest absolute Gasteiger partial charge is 0.446 e. The van der Waals surface area contributed by atoms with Gasteiger partial charge in [0.2, 0.25) is 11.8 Å². The molecule has 2 rings (SSSR count). The zero-order chi connectivity index (χ0) is 15.2. The summed E-state index contributed by atoms with van der Waals surface area (Å²) in [7, 11) is 0. The maximum atomic E-state index is 11.9. The van der Waals surface area contributed by atoms with E-state index in [1.807, 2.05) is 0 Å². The van der Waals surface area contributed by atoms with Gasteiger partial charge in [-0.2, -0.15) is 0 Å². The third-order valence-electron chi connectivity index (χ3n) is 3.65. The number of oxazole rings is 1. The predicted molar refractivity (Wildman–Crippen MR) is 74.2 cm³/mol. The van der Waals surface area contributed by atoms with Crippen molar-refractivity contribution in [2.24, 2.45) is 11.7 Å². The molecule has 0 spiro atoms. The molecular formula is C14H21N3O4. The molecule has 1 aromatic heterocycles. The van der Waals surface area contributed by atoms with E-state index in [2.05, 4.69) is 17.2 Å². The third kappa shape index (κ3) is 4.56. The van der Waals surface area contributed by atoms with E-state index in [4.69, 9.17) is 14.9 Å². The van der Waals surface area contributed by atoms with Gasteiger partial charge >= 0.3 is 0 Å². The van der Waals surface area contributed by atoms with Crippen molar-refractivity contribution in [1.29, 1.82) is 0 Å². The Labute approximate surface area is 123 Å².